The Morgan fingerprint density at radius 2 is 2.29 bits per heavy atom. The number of rotatable bonds is 4. The highest BCUT2D eigenvalue weighted by atomic mass is 35.5. The third kappa shape index (κ3) is 2.15. The fourth-order valence-electron chi connectivity index (χ4n) is 1.50. The van der Waals surface area contributed by atoms with Gasteiger partial charge in [0.1, 0.15) is 11.6 Å². The van der Waals surface area contributed by atoms with Crippen LogP contribution in [0.4, 0.5) is 10.2 Å². The molecule has 1 saturated carbocycles. The van der Waals surface area contributed by atoms with Gasteiger partial charge in [-0.25, -0.2) is 9.37 Å². The molecule has 1 heterocycles. The van der Waals surface area contributed by atoms with Crippen molar-refractivity contribution >= 4 is 17.4 Å². The summed E-state index contributed by atoms with van der Waals surface area (Å²) in [5.41, 5.74) is 0. The second-order valence-electron chi connectivity index (χ2n) is 3.45. The SMILES string of the molecule is Fc1ccc(N(CCCl)C2CC2)nc1. The molecule has 76 valence electrons. The average molecular weight is 215 g/mol. The molecule has 0 saturated heterocycles. The van der Waals surface area contributed by atoms with Crippen LogP contribution in [0.2, 0.25) is 0 Å². The first kappa shape index (κ1) is 9.71. The van der Waals surface area contributed by atoms with Gasteiger partial charge in [0.25, 0.3) is 0 Å². The van der Waals surface area contributed by atoms with Gasteiger partial charge in [0, 0.05) is 18.5 Å². The summed E-state index contributed by atoms with van der Waals surface area (Å²) in [4.78, 5) is 6.20. The summed E-state index contributed by atoms with van der Waals surface area (Å²) in [6, 6.07) is 3.71. The van der Waals surface area contributed by atoms with Crippen LogP contribution in [-0.2, 0) is 0 Å². The number of aromatic nitrogens is 1. The minimum atomic E-state index is -0.296. The number of hydrogen-bond donors (Lipinski definition) is 0. The number of pyridine rings is 1. The molecule has 1 aliphatic carbocycles. The average Bonchev–Trinajstić information content (AvgIpc) is 2.99. The molecule has 1 aliphatic rings. The summed E-state index contributed by atoms with van der Waals surface area (Å²) in [5.74, 6) is 1.11. The maximum absolute atomic E-state index is 12.6. The topological polar surface area (TPSA) is 16.1 Å². The van der Waals surface area contributed by atoms with Gasteiger partial charge in [-0.05, 0) is 25.0 Å². The van der Waals surface area contributed by atoms with Crippen molar-refractivity contribution in [3.05, 3.63) is 24.1 Å². The molecule has 0 aliphatic heterocycles. The van der Waals surface area contributed by atoms with E-state index in [1.807, 2.05) is 0 Å². The van der Waals surface area contributed by atoms with E-state index in [-0.39, 0.29) is 5.82 Å². The second kappa shape index (κ2) is 4.13. The first-order valence-corrected chi connectivity index (χ1v) is 5.29. The van der Waals surface area contributed by atoms with Crippen molar-refractivity contribution in [2.45, 2.75) is 18.9 Å². The van der Waals surface area contributed by atoms with Crippen LogP contribution < -0.4 is 4.90 Å². The van der Waals surface area contributed by atoms with E-state index in [0.717, 1.165) is 12.4 Å². The molecule has 0 unspecified atom stereocenters. The van der Waals surface area contributed by atoms with Gasteiger partial charge in [0.15, 0.2) is 0 Å². The standard InChI is InChI=1S/C10H12ClFN2/c11-5-6-14(9-2-3-9)10-4-1-8(12)7-13-10/h1,4,7,9H,2-3,5-6H2. The highest BCUT2D eigenvalue weighted by Crippen LogP contribution is 2.30. The molecule has 2 rings (SSSR count). The quantitative estimate of drug-likeness (QED) is 0.716. The summed E-state index contributed by atoms with van der Waals surface area (Å²) in [7, 11) is 0. The fourth-order valence-corrected chi connectivity index (χ4v) is 1.68. The Morgan fingerprint density at radius 3 is 2.79 bits per heavy atom. The zero-order chi connectivity index (χ0) is 9.97. The van der Waals surface area contributed by atoms with Crippen LogP contribution in [0.25, 0.3) is 0 Å². The lowest BCUT2D eigenvalue weighted by Gasteiger charge is -2.21. The van der Waals surface area contributed by atoms with Crippen LogP contribution in [0.5, 0.6) is 0 Å². The molecular weight excluding hydrogens is 203 g/mol. The molecule has 4 heteroatoms. The van der Waals surface area contributed by atoms with E-state index in [4.69, 9.17) is 11.6 Å². The maximum Gasteiger partial charge on any atom is 0.141 e. The molecule has 0 radical (unpaired) electrons. The Hall–Kier alpha value is -0.830. The number of halogens is 2. The van der Waals surface area contributed by atoms with Crippen LogP contribution in [0.3, 0.4) is 0 Å². The molecule has 0 spiro atoms. The van der Waals surface area contributed by atoms with Crippen LogP contribution >= 0.6 is 11.6 Å². The van der Waals surface area contributed by atoms with E-state index in [1.165, 1.54) is 25.1 Å². The zero-order valence-electron chi connectivity index (χ0n) is 7.79. The van der Waals surface area contributed by atoms with Gasteiger partial charge in [-0.2, -0.15) is 0 Å². The second-order valence-corrected chi connectivity index (χ2v) is 3.83. The van der Waals surface area contributed by atoms with Crippen LogP contribution in [-0.4, -0.2) is 23.5 Å². The molecule has 0 N–H and O–H groups in total. The lowest BCUT2D eigenvalue weighted by molar-refractivity contribution is 0.620. The smallest absolute Gasteiger partial charge is 0.141 e. The molecule has 0 amide bonds. The van der Waals surface area contributed by atoms with Crippen LogP contribution in [0.1, 0.15) is 12.8 Å². The van der Waals surface area contributed by atoms with Crippen molar-refractivity contribution in [1.82, 2.24) is 4.98 Å². The lowest BCUT2D eigenvalue weighted by Crippen LogP contribution is -2.28. The van der Waals surface area contributed by atoms with E-state index in [1.54, 1.807) is 6.07 Å². The Balaban J connectivity index is 2.13. The van der Waals surface area contributed by atoms with E-state index in [2.05, 4.69) is 9.88 Å². The summed E-state index contributed by atoms with van der Waals surface area (Å²) in [6.45, 7) is 0.783. The lowest BCUT2D eigenvalue weighted by atomic mass is 10.4. The zero-order valence-corrected chi connectivity index (χ0v) is 8.54. The van der Waals surface area contributed by atoms with Gasteiger partial charge >= 0.3 is 0 Å². The highest BCUT2D eigenvalue weighted by Gasteiger charge is 2.29. The number of hydrogen-bond acceptors (Lipinski definition) is 2. The number of nitrogens with zero attached hydrogens (tertiary/aromatic N) is 2. The minimum absolute atomic E-state index is 0.296. The molecule has 2 nitrogen and oxygen atoms in total. The van der Waals surface area contributed by atoms with Crippen LogP contribution in [0.15, 0.2) is 18.3 Å². The predicted molar refractivity (Wildman–Crippen MR) is 55.3 cm³/mol. The molecule has 14 heavy (non-hydrogen) atoms. The first-order valence-electron chi connectivity index (χ1n) is 4.75. The number of anilines is 1. The Labute approximate surface area is 87.7 Å². The molecule has 0 atom stereocenters. The van der Waals surface area contributed by atoms with E-state index < -0.39 is 0 Å². The van der Waals surface area contributed by atoms with Crippen molar-refractivity contribution in [2.24, 2.45) is 0 Å². The summed E-state index contributed by atoms with van der Waals surface area (Å²) in [5, 5.41) is 0. The van der Waals surface area contributed by atoms with Crippen molar-refractivity contribution in [3.8, 4) is 0 Å². The normalized spacial score (nSPS) is 15.6. The molecular formula is C10H12ClFN2. The van der Waals surface area contributed by atoms with Crippen LogP contribution in [0, 0.1) is 5.82 Å². The van der Waals surface area contributed by atoms with Crippen molar-refractivity contribution < 1.29 is 4.39 Å². The summed E-state index contributed by atoms with van der Waals surface area (Å²) in [6.07, 6.45) is 3.63. The van der Waals surface area contributed by atoms with Gasteiger partial charge in [0.05, 0.1) is 6.20 Å². The van der Waals surface area contributed by atoms with Gasteiger partial charge < -0.3 is 4.90 Å². The van der Waals surface area contributed by atoms with Crippen molar-refractivity contribution in [2.75, 3.05) is 17.3 Å². The summed E-state index contributed by atoms with van der Waals surface area (Å²) < 4.78 is 12.6. The van der Waals surface area contributed by atoms with E-state index in [9.17, 15) is 4.39 Å². The third-order valence-corrected chi connectivity index (χ3v) is 2.49. The van der Waals surface area contributed by atoms with Crippen molar-refractivity contribution in [1.29, 1.82) is 0 Å². The fraction of sp³-hybridized carbons (Fsp3) is 0.500. The van der Waals surface area contributed by atoms with E-state index in [0.29, 0.717) is 11.9 Å². The molecule has 1 fully saturated rings. The molecule has 1 aromatic rings. The Kier molecular flexibility index (Phi) is 2.87. The molecule has 0 bridgehead atoms. The number of alkyl halides is 1. The van der Waals surface area contributed by atoms with Gasteiger partial charge in [-0.3, -0.25) is 0 Å². The monoisotopic (exact) mass is 214 g/mol. The minimum Gasteiger partial charge on any atom is -0.352 e. The predicted octanol–water partition coefficient (Wildman–Crippen LogP) is 2.43. The molecule has 1 aromatic heterocycles. The highest BCUT2D eigenvalue weighted by molar-refractivity contribution is 6.18. The van der Waals surface area contributed by atoms with E-state index >= 15 is 0 Å². The summed E-state index contributed by atoms with van der Waals surface area (Å²) >= 11 is 5.71. The van der Waals surface area contributed by atoms with Gasteiger partial charge in [0.2, 0.25) is 0 Å². The molecule has 0 aromatic carbocycles. The Morgan fingerprint density at radius 1 is 1.50 bits per heavy atom. The third-order valence-electron chi connectivity index (χ3n) is 2.32. The van der Waals surface area contributed by atoms with Gasteiger partial charge in [-0.1, -0.05) is 0 Å². The Bertz CT molecular complexity index is 297. The van der Waals surface area contributed by atoms with Crippen molar-refractivity contribution in [3.63, 3.8) is 0 Å². The largest absolute Gasteiger partial charge is 0.352 e. The van der Waals surface area contributed by atoms with Gasteiger partial charge in [-0.15, -0.1) is 11.6 Å². The maximum atomic E-state index is 12.6. The first-order chi connectivity index (χ1) is 6.81.